The molecule has 1 amide bonds. The van der Waals surface area contributed by atoms with Crippen LogP contribution in [-0.2, 0) is 26.1 Å². The summed E-state index contributed by atoms with van der Waals surface area (Å²) in [5.41, 5.74) is 0.659. The minimum atomic E-state index is -3.39. The van der Waals surface area contributed by atoms with Gasteiger partial charge in [-0.2, -0.15) is 4.31 Å². The highest BCUT2D eigenvalue weighted by Gasteiger charge is 2.22. The molecule has 1 aliphatic rings. The summed E-state index contributed by atoms with van der Waals surface area (Å²) in [6, 6.07) is 5.35. The summed E-state index contributed by atoms with van der Waals surface area (Å²) in [5.74, 6) is -0.0435. The third-order valence-corrected chi connectivity index (χ3v) is 4.72. The lowest BCUT2D eigenvalue weighted by Gasteiger charge is -2.28. The van der Waals surface area contributed by atoms with Crippen molar-refractivity contribution in [3.05, 3.63) is 30.1 Å². The summed E-state index contributed by atoms with van der Waals surface area (Å²) >= 11 is 0. The number of rotatable bonds is 6. The van der Waals surface area contributed by atoms with Crippen molar-refractivity contribution < 1.29 is 17.9 Å². The SMILES string of the molecule is CS(=O)(=O)N(CCC(=O)N1CCOCC1)Cc1ccccn1. The molecule has 1 aliphatic heterocycles. The molecular weight excluding hydrogens is 306 g/mol. The molecule has 8 heteroatoms. The monoisotopic (exact) mass is 327 g/mol. The van der Waals surface area contributed by atoms with Crippen LogP contribution in [0.5, 0.6) is 0 Å². The fourth-order valence-corrected chi connectivity index (χ4v) is 3.02. The zero-order valence-corrected chi connectivity index (χ0v) is 13.5. The first kappa shape index (κ1) is 16.9. The molecule has 22 heavy (non-hydrogen) atoms. The summed E-state index contributed by atoms with van der Waals surface area (Å²) in [4.78, 5) is 18.0. The fourth-order valence-electron chi connectivity index (χ4n) is 2.23. The van der Waals surface area contributed by atoms with Gasteiger partial charge in [0.2, 0.25) is 15.9 Å². The van der Waals surface area contributed by atoms with Crippen molar-refractivity contribution in [2.24, 2.45) is 0 Å². The summed E-state index contributed by atoms with van der Waals surface area (Å²) in [5, 5.41) is 0. The first-order valence-electron chi connectivity index (χ1n) is 7.17. The smallest absolute Gasteiger partial charge is 0.224 e. The molecule has 0 aromatic carbocycles. The zero-order chi connectivity index (χ0) is 16.0. The summed E-state index contributed by atoms with van der Waals surface area (Å²) in [6.07, 6.45) is 2.93. The van der Waals surface area contributed by atoms with Gasteiger partial charge in [0.05, 0.1) is 31.7 Å². The third kappa shape index (κ3) is 5.04. The van der Waals surface area contributed by atoms with E-state index in [4.69, 9.17) is 4.74 Å². The first-order valence-corrected chi connectivity index (χ1v) is 9.02. The van der Waals surface area contributed by atoms with Crippen LogP contribution in [-0.4, -0.2) is 67.6 Å². The van der Waals surface area contributed by atoms with E-state index in [-0.39, 0.29) is 25.4 Å². The minimum Gasteiger partial charge on any atom is -0.378 e. The molecular formula is C14H21N3O4S. The van der Waals surface area contributed by atoms with E-state index in [1.54, 1.807) is 23.2 Å². The van der Waals surface area contributed by atoms with Gasteiger partial charge in [-0.3, -0.25) is 9.78 Å². The number of hydrogen-bond donors (Lipinski definition) is 0. The van der Waals surface area contributed by atoms with E-state index in [0.717, 1.165) is 6.26 Å². The molecule has 0 atom stereocenters. The van der Waals surface area contributed by atoms with E-state index in [9.17, 15) is 13.2 Å². The normalized spacial score (nSPS) is 16.0. The van der Waals surface area contributed by atoms with Crippen LogP contribution in [0.15, 0.2) is 24.4 Å². The molecule has 0 unspecified atom stereocenters. The standard InChI is InChI=1S/C14H21N3O4S/c1-22(19,20)17(12-13-4-2-3-6-15-13)7-5-14(18)16-8-10-21-11-9-16/h2-4,6H,5,7-12H2,1H3. The van der Waals surface area contributed by atoms with Gasteiger partial charge in [-0.1, -0.05) is 6.07 Å². The molecule has 122 valence electrons. The Kier molecular flexibility index (Phi) is 5.87. The topological polar surface area (TPSA) is 79.8 Å². The number of ether oxygens (including phenoxy) is 1. The van der Waals surface area contributed by atoms with Crippen molar-refractivity contribution >= 4 is 15.9 Å². The van der Waals surface area contributed by atoms with Gasteiger partial charge in [0.1, 0.15) is 0 Å². The summed E-state index contributed by atoms with van der Waals surface area (Å²) in [7, 11) is -3.39. The molecule has 1 aromatic rings. The Bertz CT molecular complexity index is 585. The van der Waals surface area contributed by atoms with Crippen LogP contribution < -0.4 is 0 Å². The lowest BCUT2D eigenvalue weighted by atomic mass is 10.3. The quantitative estimate of drug-likeness (QED) is 0.740. The molecule has 2 rings (SSSR count). The van der Waals surface area contributed by atoms with E-state index in [1.807, 2.05) is 6.07 Å². The second kappa shape index (κ2) is 7.66. The Morgan fingerprint density at radius 1 is 1.36 bits per heavy atom. The Hall–Kier alpha value is -1.51. The number of pyridine rings is 1. The molecule has 0 bridgehead atoms. The maximum atomic E-state index is 12.1. The van der Waals surface area contributed by atoms with E-state index in [2.05, 4.69) is 4.98 Å². The molecule has 1 fully saturated rings. The van der Waals surface area contributed by atoms with Gasteiger partial charge < -0.3 is 9.64 Å². The van der Waals surface area contributed by atoms with Gasteiger partial charge in [0.15, 0.2) is 0 Å². The molecule has 2 heterocycles. The van der Waals surface area contributed by atoms with Crippen LogP contribution in [0, 0.1) is 0 Å². The van der Waals surface area contributed by atoms with E-state index >= 15 is 0 Å². The summed E-state index contributed by atoms with van der Waals surface area (Å²) < 4.78 is 30.2. The Morgan fingerprint density at radius 3 is 2.68 bits per heavy atom. The maximum absolute atomic E-state index is 12.1. The molecule has 0 saturated carbocycles. The van der Waals surface area contributed by atoms with Gasteiger partial charge >= 0.3 is 0 Å². The Balaban J connectivity index is 1.94. The van der Waals surface area contributed by atoms with Crippen LogP contribution in [0.3, 0.4) is 0 Å². The highest BCUT2D eigenvalue weighted by atomic mass is 32.2. The van der Waals surface area contributed by atoms with Gasteiger partial charge in [0.25, 0.3) is 0 Å². The molecule has 0 radical (unpaired) electrons. The zero-order valence-electron chi connectivity index (χ0n) is 12.6. The lowest BCUT2D eigenvalue weighted by Crippen LogP contribution is -2.42. The predicted octanol–water partition coefficient (Wildman–Crippen LogP) is 0.0921. The number of amides is 1. The molecule has 1 aromatic heterocycles. The number of morpholine rings is 1. The highest BCUT2D eigenvalue weighted by molar-refractivity contribution is 7.88. The predicted molar refractivity (Wildman–Crippen MR) is 81.5 cm³/mol. The number of aromatic nitrogens is 1. The second-order valence-corrected chi connectivity index (χ2v) is 7.14. The van der Waals surface area contributed by atoms with Crippen molar-refractivity contribution in [2.75, 3.05) is 39.1 Å². The second-order valence-electron chi connectivity index (χ2n) is 5.16. The van der Waals surface area contributed by atoms with Crippen molar-refractivity contribution in [3.63, 3.8) is 0 Å². The number of carbonyl (C=O) groups excluding carboxylic acids is 1. The Morgan fingerprint density at radius 2 is 2.09 bits per heavy atom. The molecule has 0 N–H and O–H groups in total. The average molecular weight is 327 g/mol. The average Bonchev–Trinajstić information content (AvgIpc) is 2.52. The number of nitrogens with zero attached hydrogens (tertiary/aromatic N) is 3. The number of carbonyl (C=O) groups is 1. The number of hydrogen-bond acceptors (Lipinski definition) is 5. The van der Waals surface area contributed by atoms with Crippen molar-refractivity contribution in [3.8, 4) is 0 Å². The van der Waals surface area contributed by atoms with E-state index < -0.39 is 10.0 Å². The Labute approximate surface area is 130 Å². The third-order valence-electron chi connectivity index (χ3n) is 3.47. The van der Waals surface area contributed by atoms with Crippen LogP contribution in [0.1, 0.15) is 12.1 Å². The first-order chi connectivity index (χ1) is 10.5. The molecule has 0 spiro atoms. The van der Waals surface area contributed by atoms with Gasteiger partial charge in [0, 0.05) is 32.3 Å². The highest BCUT2D eigenvalue weighted by Crippen LogP contribution is 2.08. The maximum Gasteiger partial charge on any atom is 0.224 e. The van der Waals surface area contributed by atoms with Crippen LogP contribution in [0.25, 0.3) is 0 Å². The van der Waals surface area contributed by atoms with Crippen LogP contribution in [0.4, 0.5) is 0 Å². The summed E-state index contributed by atoms with van der Waals surface area (Å²) in [6.45, 7) is 2.54. The molecule has 7 nitrogen and oxygen atoms in total. The van der Waals surface area contributed by atoms with E-state index in [0.29, 0.717) is 32.0 Å². The minimum absolute atomic E-state index is 0.0435. The largest absolute Gasteiger partial charge is 0.378 e. The van der Waals surface area contributed by atoms with E-state index in [1.165, 1.54) is 4.31 Å². The van der Waals surface area contributed by atoms with Gasteiger partial charge in [-0.25, -0.2) is 8.42 Å². The van der Waals surface area contributed by atoms with Crippen molar-refractivity contribution in [1.82, 2.24) is 14.2 Å². The molecule has 1 saturated heterocycles. The number of sulfonamides is 1. The van der Waals surface area contributed by atoms with Crippen LogP contribution >= 0.6 is 0 Å². The van der Waals surface area contributed by atoms with Crippen molar-refractivity contribution in [1.29, 1.82) is 0 Å². The van der Waals surface area contributed by atoms with Crippen LogP contribution in [0.2, 0.25) is 0 Å². The molecule has 0 aliphatic carbocycles. The van der Waals surface area contributed by atoms with Crippen molar-refractivity contribution in [2.45, 2.75) is 13.0 Å². The van der Waals surface area contributed by atoms with Gasteiger partial charge in [-0.05, 0) is 12.1 Å². The van der Waals surface area contributed by atoms with Gasteiger partial charge in [-0.15, -0.1) is 0 Å². The lowest BCUT2D eigenvalue weighted by molar-refractivity contribution is -0.135. The fraction of sp³-hybridized carbons (Fsp3) is 0.571.